The molecule has 2 aliphatic heterocycles. The predicted molar refractivity (Wildman–Crippen MR) is 149 cm³/mol. The number of hydrogen-bond acceptors (Lipinski definition) is 7. The fourth-order valence-corrected chi connectivity index (χ4v) is 4.85. The van der Waals surface area contributed by atoms with Gasteiger partial charge in [0, 0.05) is 49.8 Å². The first-order chi connectivity index (χ1) is 18.8. The highest BCUT2D eigenvalue weighted by Crippen LogP contribution is 2.38. The van der Waals surface area contributed by atoms with E-state index in [1.807, 2.05) is 20.8 Å². The van der Waals surface area contributed by atoms with Crippen LogP contribution in [0, 0.1) is 0 Å². The fourth-order valence-electron chi connectivity index (χ4n) is 4.85. The van der Waals surface area contributed by atoms with E-state index in [1.54, 1.807) is 43.0 Å². The standard InChI is InChI=1S/C28H39N5O7/c1-17-21(24(34)35)23(22(25(36)37)18(2)30-17)19-8-6-9-20(16-19)31-26(38)29-10-7-11-32-12-14-33(15-13-32)27(39)40-28(3,4)5/h6,8-9,16,23,30H,7,10-15H2,1-5H3,(H,34,35)(H,36,37)(H2,29,31,38). The van der Waals surface area contributed by atoms with Crippen LogP contribution in [-0.4, -0.2) is 88.9 Å². The first kappa shape index (κ1) is 30.5. The number of dihydropyridines is 1. The minimum absolute atomic E-state index is 0.0588. The fraction of sp³-hybridized carbons (Fsp3) is 0.500. The molecule has 1 aromatic rings. The summed E-state index contributed by atoms with van der Waals surface area (Å²) < 4.78 is 5.42. The van der Waals surface area contributed by atoms with Crippen LogP contribution in [-0.2, 0) is 14.3 Å². The molecule has 1 aromatic carbocycles. The van der Waals surface area contributed by atoms with Gasteiger partial charge in [-0.3, -0.25) is 4.90 Å². The van der Waals surface area contributed by atoms with Gasteiger partial charge in [-0.1, -0.05) is 12.1 Å². The van der Waals surface area contributed by atoms with Gasteiger partial charge in [-0.15, -0.1) is 0 Å². The second kappa shape index (κ2) is 12.9. The normalized spacial score (nSPS) is 16.9. The van der Waals surface area contributed by atoms with Gasteiger partial charge < -0.3 is 35.8 Å². The molecule has 0 aliphatic carbocycles. The van der Waals surface area contributed by atoms with Crippen LogP contribution < -0.4 is 16.0 Å². The topological polar surface area (TPSA) is 161 Å². The quantitative estimate of drug-likeness (QED) is 0.303. The Morgan fingerprint density at radius 2 is 1.60 bits per heavy atom. The molecule has 2 heterocycles. The number of benzene rings is 1. The molecule has 1 fully saturated rings. The van der Waals surface area contributed by atoms with Crippen molar-refractivity contribution in [3.8, 4) is 0 Å². The molecular formula is C28H39N5O7. The molecule has 2 aliphatic rings. The van der Waals surface area contributed by atoms with Gasteiger partial charge in [0.05, 0.1) is 17.1 Å². The van der Waals surface area contributed by atoms with Crippen molar-refractivity contribution in [1.82, 2.24) is 20.4 Å². The Morgan fingerprint density at radius 1 is 1.00 bits per heavy atom. The third kappa shape index (κ3) is 7.98. The van der Waals surface area contributed by atoms with Crippen LogP contribution in [0.1, 0.15) is 52.5 Å². The summed E-state index contributed by atoms with van der Waals surface area (Å²) in [7, 11) is 0. The summed E-state index contributed by atoms with van der Waals surface area (Å²) in [5.41, 5.74) is 0.942. The molecule has 0 saturated carbocycles. The van der Waals surface area contributed by atoms with Gasteiger partial charge in [0.2, 0.25) is 0 Å². The van der Waals surface area contributed by atoms with Crippen LogP contribution in [0.4, 0.5) is 15.3 Å². The number of anilines is 1. The molecule has 218 valence electrons. The van der Waals surface area contributed by atoms with E-state index in [2.05, 4.69) is 20.9 Å². The number of carboxylic acid groups (broad SMARTS) is 2. The van der Waals surface area contributed by atoms with Gasteiger partial charge in [-0.2, -0.15) is 0 Å². The van der Waals surface area contributed by atoms with Crippen molar-refractivity contribution in [2.75, 3.05) is 44.6 Å². The number of hydrogen-bond donors (Lipinski definition) is 5. The van der Waals surface area contributed by atoms with Crippen LogP contribution in [0.5, 0.6) is 0 Å². The Kier molecular flexibility index (Phi) is 9.80. The molecule has 1 saturated heterocycles. The molecule has 3 rings (SSSR count). The Hall–Kier alpha value is -4.06. The molecule has 3 amide bonds. The van der Waals surface area contributed by atoms with Crippen LogP contribution >= 0.6 is 0 Å². The van der Waals surface area contributed by atoms with Crippen LogP contribution in [0.2, 0.25) is 0 Å². The maximum atomic E-state index is 12.5. The number of nitrogens with one attached hydrogen (secondary N) is 3. The van der Waals surface area contributed by atoms with Gasteiger partial charge in [0.25, 0.3) is 0 Å². The zero-order chi connectivity index (χ0) is 29.6. The van der Waals surface area contributed by atoms with Gasteiger partial charge >= 0.3 is 24.1 Å². The number of ether oxygens (including phenoxy) is 1. The Balaban J connectivity index is 1.52. The second-order valence-electron chi connectivity index (χ2n) is 10.9. The molecule has 0 atom stereocenters. The van der Waals surface area contributed by atoms with E-state index >= 15 is 0 Å². The van der Waals surface area contributed by atoms with Gasteiger partial charge in [-0.25, -0.2) is 19.2 Å². The summed E-state index contributed by atoms with van der Waals surface area (Å²) >= 11 is 0. The largest absolute Gasteiger partial charge is 0.478 e. The number of urea groups is 1. The number of carbonyl (C=O) groups excluding carboxylic acids is 2. The van der Waals surface area contributed by atoms with E-state index in [0.717, 1.165) is 19.6 Å². The summed E-state index contributed by atoms with van der Waals surface area (Å²) in [4.78, 5) is 52.7. The Morgan fingerprint density at radius 3 is 2.15 bits per heavy atom. The lowest BCUT2D eigenvalue weighted by Gasteiger charge is -2.35. The number of allylic oxidation sites excluding steroid dienone is 2. The summed E-state index contributed by atoms with van der Waals surface area (Å²) in [6, 6.07) is 6.11. The molecule has 0 unspecified atom stereocenters. The lowest BCUT2D eigenvalue weighted by molar-refractivity contribution is -0.133. The van der Waals surface area contributed by atoms with Crippen LogP contribution in [0.15, 0.2) is 46.8 Å². The Bertz CT molecular complexity index is 1170. The highest BCUT2D eigenvalue weighted by Gasteiger charge is 2.36. The number of amides is 3. The van der Waals surface area contributed by atoms with Crippen LogP contribution in [0.25, 0.3) is 0 Å². The minimum Gasteiger partial charge on any atom is -0.478 e. The SMILES string of the molecule is CC1=C(C(=O)O)C(c2cccc(NC(=O)NCCCN3CCN(C(=O)OC(C)(C)C)CC3)c2)C(C(=O)O)=C(C)N1. The summed E-state index contributed by atoms with van der Waals surface area (Å²) in [6.07, 6.45) is 0.415. The van der Waals surface area contributed by atoms with E-state index in [4.69, 9.17) is 4.74 Å². The maximum Gasteiger partial charge on any atom is 0.410 e. The molecular weight excluding hydrogens is 518 g/mol. The van der Waals surface area contributed by atoms with Crippen molar-refractivity contribution >= 4 is 29.8 Å². The monoisotopic (exact) mass is 557 g/mol. The number of carboxylic acids is 2. The van der Waals surface area contributed by atoms with Crippen molar-refractivity contribution in [1.29, 1.82) is 0 Å². The molecule has 12 nitrogen and oxygen atoms in total. The zero-order valence-corrected chi connectivity index (χ0v) is 23.7. The lowest BCUT2D eigenvalue weighted by Crippen LogP contribution is -2.50. The summed E-state index contributed by atoms with van der Waals surface area (Å²) in [5.74, 6) is -3.44. The first-order valence-corrected chi connectivity index (χ1v) is 13.3. The zero-order valence-electron chi connectivity index (χ0n) is 23.7. The van der Waals surface area contributed by atoms with Crippen molar-refractivity contribution in [3.63, 3.8) is 0 Å². The number of piperazine rings is 1. The summed E-state index contributed by atoms with van der Waals surface area (Å²) in [5, 5.41) is 28.0. The molecule has 0 aromatic heterocycles. The predicted octanol–water partition coefficient (Wildman–Crippen LogP) is 3.15. The molecule has 40 heavy (non-hydrogen) atoms. The highest BCUT2D eigenvalue weighted by molar-refractivity contribution is 5.98. The van der Waals surface area contributed by atoms with Crippen molar-refractivity contribution < 1.29 is 34.1 Å². The van der Waals surface area contributed by atoms with Gasteiger partial charge in [0.15, 0.2) is 0 Å². The van der Waals surface area contributed by atoms with Crippen LogP contribution in [0.3, 0.4) is 0 Å². The number of nitrogens with zero attached hydrogens (tertiary/aromatic N) is 2. The minimum atomic E-state index is -1.22. The van der Waals surface area contributed by atoms with Gasteiger partial charge in [-0.05, 0) is 65.3 Å². The lowest BCUT2D eigenvalue weighted by atomic mass is 9.80. The molecule has 0 radical (unpaired) electrons. The van der Waals surface area contributed by atoms with Crippen molar-refractivity contribution in [3.05, 3.63) is 52.4 Å². The molecule has 12 heteroatoms. The number of aliphatic carboxylic acids is 2. The second-order valence-corrected chi connectivity index (χ2v) is 10.9. The van der Waals surface area contributed by atoms with Gasteiger partial charge in [0.1, 0.15) is 5.60 Å². The molecule has 5 N–H and O–H groups in total. The third-order valence-electron chi connectivity index (χ3n) is 6.66. The summed E-state index contributed by atoms with van der Waals surface area (Å²) in [6.45, 7) is 12.6. The molecule has 0 spiro atoms. The van der Waals surface area contributed by atoms with E-state index < -0.39 is 29.5 Å². The smallest absolute Gasteiger partial charge is 0.410 e. The van der Waals surface area contributed by atoms with Crippen molar-refractivity contribution in [2.45, 2.75) is 52.6 Å². The Labute approximate surface area is 234 Å². The van der Waals surface area contributed by atoms with Crippen molar-refractivity contribution in [2.24, 2.45) is 0 Å². The maximum absolute atomic E-state index is 12.5. The number of carbonyl (C=O) groups is 4. The van der Waals surface area contributed by atoms with E-state index in [1.165, 1.54) is 0 Å². The molecule has 0 bridgehead atoms. The first-order valence-electron chi connectivity index (χ1n) is 13.3. The number of rotatable bonds is 8. The third-order valence-corrected chi connectivity index (χ3v) is 6.66. The highest BCUT2D eigenvalue weighted by atomic mass is 16.6. The van der Waals surface area contributed by atoms with E-state index in [-0.39, 0.29) is 17.2 Å². The average molecular weight is 558 g/mol. The van der Waals surface area contributed by atoms with E-state index in [9.17, 15) is 29.4 Å². The average Bonchev–Trinajstić information content (AvgIpc) is 2.85. The van der Waals surface area contributed by atoms with E-state index in [0.29, 0.717) is 48.7 Å².